The quantitative estimate of drug-likeness (QED) is 0.859. The number of hydrogen-bond acceptors (Lipinski definition) is 3. The molecule has 1 amide bonds. The first-order chi connectivity index (χ1) is 11.1. The standard InChI is InChI=1S/C18H18BrNO3/c1-12(14-3-2-4-15(19)10-14)20-18(21)8-6-13-5-7-16-17(9-13)23-11-22-16/h2-5,7,9-10,12H,6,8,11H2,1H3,(H,20,21). The monoisotopic (exact) mass is 375 g/mol. The van der Waals surface area contributed by atoms with E-state index in [-0.39, 0.29) is 18.7 Å². The smallest absolute Gasteiger partial charge is 0.231 e. The van der Waals surface area contributed by atoms with Crippen molar-refractivity contribution in [1.29, 1.82) is 0 Å². The maximum atomic E-state index is 12.1. The van der Waals surface area contributed by atoms with E-state index in [4.69, 9.17) is 9.47 Å². The molecule has 1 N–H and O–H groups in total. The molecule has 3 rings (SSSR count). The summed E-state index contributed by atoms with van der Waals surface area (Å²) in [6, 6.07) is 13.7. The van der Waals surface area contributed by atoms with Gasteiger partial charge in [0.2, 0.25) is 12.7 Å². The van der Waals surface area contributed by atoms with Crippen molar-refractivity contribution in [1.82, 2.24) is 5.32 Å². The summed E-state index contributed by atoms with van der Waals surface area (Å²) in [7, 11) is 0. The van der Waals surface area contributed by atoms with Crippen molar-refractivity contribution in [3.8, 4) is 11.5 Å². The molecule has 2 aromatic carbocycles. The lowest BCUT2D eigenvalue weighted by Crippen LogP contribution is -2.26. The van der Waals surface area contributed by atoms with Crippen molar-refractivity contribution >= 4 is 21.8 Å². The Bertz CT molecular complexity index is 717. The third-order valence-electron chi connectivity index (χ3n) is 3.80. The van der Waals surface area contributed by atoms with E-state index in [1.807, 2.05) is 49.4 Å². The molecule has 0 saturated heterocycles. The summed E-state index contributed by atoms with van der Waals surface area (Å²) in [5.74, 6) is 1.56. The fourth-order valence-corrected chi connectivity index (χ4v) is 2.94. The molecule has 0 radical (unpaired) electrons. The molecule has 1 aliphatic rings. The number of carbonyl (C=O) groups is 1. The number of rotatable bonds is 5. The highest BCUT2D eigenvalue weighted by Gasteiger charge is 2.14. The van der Waals surface area contributed by atoms with Gasteiger partial charge in [-0.05, 0) is 48.7 Å². The third kappa shape index (κ3) is 4.05. The topological polar surface area (TPSA) is 47.6 Å². The van der Waals surface area contributed by atoms with E-state index in [2.05, 4.69) is 21.2 Å². The molecule has 0 bridgehead atoms. The van der Waals surface area contributed by atoms with Gasteiger partial charge in [-0.3, -0.25) is 4.79 Å². The zero-order valence-electron chi connectivity index (χ0n) is 12.8. The first kappa shape index (κ1) is 15.9. The molecule has 0 aliphatic carbocycles. The second-order valence-corrected chi connectivity index (χ2v) is 6.45. The predicted molar refractivity (Wildman–Crippen MR) is 91.6 cm³/mol. The van der Waals surface area contributed by atoms with Crippen LogP contribution in [0.3, 0.4) is 0 Å². The van der Waals surface area contributed by atoms with Gasteiger partial charge < -0.3 is 14.8 Å². The van der Waals surface area contributed by atoms with Gasteiger partial charge in [0.15, 0.2) is 11.5 Å². The normalized spacial score (nSPS) is 13.7. The number of ether oxygens (including phenoxy) is 2. The Morgan fingerprint density at radius 3 is 2.87 bits per heavy atom. The molecule has 1 unspecified atom stereocenters. The van der Waals surface area contributed by atoms with Crippen LogP contribution in [0.2, 0.25) is 0 Å². The van der Waals surface area contributed by atoms with Gasteiger partial charge in [0, 0.05) is 10.9 Å². The fourth-order valence-electron chi connectivity index (χ4n) is 2.53. The number of hydrogen-bond donors (Lipinski definition) is 1. The molecule has 0 aromatic heterocycles. The van der Waals surface area contributed by atoms with E-state index in [0.717, 1.165) is 27.1 Å². The molecule has 0 spiro atoms. The van der Waals surface area contributed by atoms with E-state index in [1.54, 1.807) is 0 Å². The molecular weight excluding hydrogens is 358 g/mol. The average Bonchev–Trinajstić information content (AvgIpc) is 3.00. The van der Waals surface area contributed by atoms with E-state index >= 15 is 0 Å². The molecule has 23 heavy (non-hydrogen) atoms. The Morgan fingerprint density at radius 2 is 2.04 bits per heavy atom. The number of carbonyl (C=O) groups excluding carboxylic acids is 1. The summed E-state index contributed by atoms with van der Waals surface area (Å²) in [6.07, 6.45) is 1.12. The van der Waals surface area contributed by atoms with Crippen LogP contribution >= 0.6 is 15.9 Å². The van der Waals surface area contributed by atoms with Crippen LogP contribution < -0.4 is 14.8 Å². The fraction of sp³-hybridized carbons (Fsp3) is 0.278. The largest absolute Gasteiger partial charge is 0.454 e. The first-order valence-electron chi connectivity index (χ1n) is 7.55. The van der Waals surface area contributed by atoms with Crippen LogP contribution in [0.15, 0.2) is 46.9 Å². The van der Waals surface area contributed by atoms with Crippen LogP contribution in [-0.2, 0) is 11.2 Å². The summed E-state index contributed by atoms with van der Waals surface area (Å²) in [5, 5.41) is 3.03. The van der Waals surface area contributed by atoms with E-state index in [9.17, 15) is 4.79 Å². The molecule has 1 heterocycles. The van der Waals surface area contributed by atoms with Crippen LogP contribution in [0.1, 0.15) is 30.5 Å². The Balaban J connectivity index is 1.53. The summed E-state index contributed by atoms with van der Waals surface area (Å²) >= 11 is 3.45. The number of halogens is 1. The number of amides is 1. The highest BCUT2D eigenvalue weighted by atomic mass is 79.9. The van der Waals surface area contributed by atoms with Gasteiger partial charge in [0.05, 0.1) is 6.04 Å². The predicted octanol–water partition coefficient (Wildman–Crippen LogP) is 3.99. The summed E-state index contributed by atoms with van der Waals surface area (Å²) in [4.78, 5) is 12.1. The van der Waals surface area contributed by atoms with E-state index < -0.39 is 0 Å². The zero-order valence-corrected chi connectivity index (χ0v) is 14.4. The van der Waals surface area contributed by atoms with Gasteiger partial charge in [-0.15, -0.1) is 0 Å². The Labute approximate surface area is 143 Å². The molecular formula is C18H18BrNO3. The molecule has 5 heteroatoms. The lowest BCUT2D eigenvalue weighted by atomic mass is 10.1. The number of nitrogens with one attached hydrogen (secondary N) is 1. The Morgan fingerprint density at radius 1 is 1.22 bits per heavy atom. The lowest BCUT2D eigenvalue weighted by Gasteiger charge is -2.14. The first-order valence-corrected chi connectivity index (χ1v) is 8.34. The van der Waals surface area contributed by atoms with Crippen LogP contribution in [-0.4, -0.2) is 12.7 Å². The molecule has 0 fully saturated rings. The Kier molecular flexibility index (Phi) is 4.86. The van der Waals surface area contributed by atoms with Crippen molar-refractivity contribution in [3.05, 3.63) is 58.1 Å². The van der Waals surface area contributed by atoms with Crippen LogP contribution in [0.4, 0.5) is 0 Å². The molecule has 1 aliphatic heterocycles. The van der Waals surface area contributed by atoms with Crippen molar-refractivity contribution in [2.75, 3.05) is 6.79 Å². The van der Waals surface area contributed by atoms with Gasteiger partial charge in [0.1, 0.15) is 0 Å². The highest BCUT2D eigenvalue weighted by Crippen LogP contribution is 2.32. The minimum Gasteiger partial charge on any atom is -0.454 e. The van der Waals surface area contributed by atoms with E-state index in [0.29, 0.717) is 12.8 Å². The maximum Gasteiger partial charge on any atom is 0.231 e. The van der Waals surface area contributed by atoms with E-state index in [1.165, 1.54) is 0 Å². The summed E-state index contributed by atoms with van der Waals surface area (Å²) in [6.45, 7) is 2.25. The van der Waals surface area contributed by atoms with Crippen LogP contribution in [0.25, 0.3) is 0 Å². The van der Waals surface area contributed by atoms with Gasteiger partial charge in [0.25, 0.3) is 0 Å². The lowest BCUT2D eigenvalue weighted by molar-refractivity contribution is -0.121. The average molecular weight is 376 g/mol. The number of benzene rings is 2. The minimum absolute atomic E-state index is 0.0169. The van der Waals surface area contributed by atoms with Crippen molar-refractivity contribution in [3.63, 3.8) is 0 Å². The van der Waals surface area contributed by atoms with Crippen molar-refractivity contribution in [2.24, 2.45) is 0 Å². The second kappa shape index (κ2) is 7.04. The minimum atomic E-state index is -0.0169. The summed E-state index contributed by atoms with van der Waals surface area (Å²) < 4.78 is 11.6. The van der Waals surface area contributed by atoms with Gasteiger partial charge >= 0.3 is 0 Å². The van der Waals surface area contributed by atoms with Crippen LogP contribution in [0.5, 0.6) is 11.5 Å². The van der Waals surface area contributed by atoms with Gasteiger partial charge in [-0.25, -0.2) is 0 Å². The third-order valence-corrected chi connectivity index (χ3v) is 4.30. The van der Waals surface area contributed by atoms with Crippen LogP contribution in [0, 0.1) is 0 Å². The zero-order chi connectivity index (χ0) is 16.2. The van der Waals surface area contributed by atoms with Gasteiger partial charge in [-0.1, -0.05) is 34.1 Å². The molecule has 2 aromatic rings. The van der Waals surface area contributed by atoms with Crippen molar-refractivity contribution in [2.45, 2.75) is 25.8 Å². The number of aryl methyl sites for hydroxylation is 1. The van der Waals surface area contributed by atoms with Crippen molar-refractivity contribution < 1.29 is 14.3 Å². The molecule has 4 nitrogen and oxygen atoms in total. The number of fused-ring (bicyclic) bond motifs is 1. The SMILES string of the molecule is CC(NC(=O)CCc1ccc2c(c1)OCO2)c1cccc(Br)c1. The summed E-state index contributed by atoms with van der Waals surface area (Å²) in [5.41, 5.74) is 2.15. The van der Waals surface area contributed by atoms with Gasteiger partial charge in [-0.2, -0.15) is 0 Å². The molecule has 120 valence electrons. The Hall–Kier alpha value is -2.01. The maximum absolute atomic E-state index is 12.1. The second-order valence-electron chi connectivity index (χ2n) is 5.53. The highest BCUT2D eigenvalue weighted by molar-refractivity contribution is 9.10. The molecule has 0 saturated carbocycles. The molecule has 1 atom stereocenters.